The zero-order valence-corrected chi connectivity index (χ0v) is 17.1. The topological polar surface area (TPSA) is 61.8 Å². The summed E-state index contributed by atoms with van der Waals surface area (Å²) >= 11 is 1.40. The van der Waals surface area contributed by atoms with Crippen molar-refractivity contribution in [2.45, 2.75) is 30.6 Å². The molecule has 3 aromatic carbocycles. The standard InChI is InChI=1S/C24H21N3O2S/c28-22(25-19-11-10-16-6-4-5-7-17(16)14-19)15-21-23(29)27(20-12-13-20)24(30-21)26-18-8-2-1-3-9-18/h1-11,14,20-21H,12-13,15H2,(H,25,28). The van der Waals surface area contributed by atoms with Crippen molar-refractivity contribution in [2.75, 3.05) is 5.32 Å². The maximum Gasteiger partial charge on any atom is 0.242 e. The van der Waals surface area contributed by atoms with Gasteiger partial charge in [-0.2, -0.15) is 0 Å². The monoisotopic (exact) mass is 415 g/mol. The van der Waals surface area contributed by atoms with E-state index in [4.69, 9.17) is 0 Å². The van der Waals surface area contributed by atoms with Crippen LogP contribution >= 0.6 is 11.8 Å². The first-order valence-corrected chi connectivity index (χ1v) is 11.0. The van der Waals surface area contributed by atoms with Gasteiger partial charge in [-0.25, -0.2) is 4.99 Å². The lowest BCUT2D eigenvalue weighted by molar-refractivity contribution is -0.128. The number of amidine groups is 1. The molecule has 1 aliphatic carbocycles. The lowest BCUT2D eigenvalue weighted by atomic mass is 10.1. The fourth-order valence-corrected chi connectivity index (χ4v) is 4.84. The van der Waals surface area contributed by atoms with Gasteiger partial charge in [0.05, 0.1) is 5.69 Å². The van der Waals surface area contributed by atoms with Crippen LogP contribution in [0, 0.1) is 0 Å². The minimum Gasteiger partial charge on any atom is -0.326 e. The molecule has 1 unspecified atom stereocenters. The van der Waals surface area contributed by atoms with Crippen LogP contribution in [0.1, 0.15) is 19.3 Å². The van der Waals surface area contributed by atoms with Gasteiger partial charge in [0.15, 0.2) is 5.17 Å². The van der Waals surface area contributed by atoms with Crippen molar-refractivity contribution >= 4 is 50.9 Å². The van der Waals surface area contributed by atoms with Gasteiger partial charge in [0.1, 0.15) is 5.25 Å². The number of para-hydroxylation sites is 1. The molecule has 1 saturated heterocycles. The summed E-state index contributed by atoms with van der Waals surface area (Å²) in [6, 6.07) is 23.7. The van der Waals surface area contributed by atoms with Crippen molar-refractivity contribution in [1.82, 2.24) is 4.90 Å². The Morgan fingerprint density at radius 2 is 1.73 bits per heavy atom. The summed E-state index contributed by atoms with van der Waals surface area (Å²) in [4.78, 5) is 32.1. The Morgan fingerprint density at radius 1 is 1.00 bits per heavy atom. The summed E-state index contributed by atoms with van der Waals surface area (Å²) in [5.74, 6) is -0.168. The summed E-state index contributed by atoms with van der Waals surface area (Å²) in [6.07, 6.45) is 2.12. The van der Waals surface area contributed by atoms with Crippen LogP contribution in [0.5, 0.6) is 0 Å². The number of fused-ring (bicyclic) bond motifs is 1. The summed E-state index contributed by atoms with van der Waals surface area (Å²) in [7, 11) is 0. The lowest BCUT2D eigenvalue weighted by Gasteiger charge is -2.15. The molecule has 0 bridgehead atoms. The van der Waals surface area contributed by atoms with Gasteiger partial charge in [-0.3, -0.25) is 14.5 Å². The molecule has 6 heteroatoms. The fraction of sp³-hybridized carbons (Fsp3) is 0.208. The molecule has 1 heterocycles. The summed E-state index contributed by atoms with van der Waals surface area (Å²) < 4.78 is 0. The van der Waals surface area contributed by atoms with Crippen LogP contribution in [0.25, 0.3) is 10.8 Å². The average molecular weight is 416 g/mol. The number of anilines is 1. The van der Waals surface area contributed by atoms with E-state index in [1.807, 2.05) is 72.8 Å². The van der Waals surface area contributed by atoms with Crippen LogP contribution in [-0.2, 0) is 9.59 Å². The number of amides is 2. The van der Waals surface area contributed by atoms with Crippen molar-refractivity contribution in [2.24, 2.45) is 4.99 Å². The van der Waals surface area contributed by atoms with E-state index in [1.165, 1.54) is 11.8 Å². The molecule has 5 rings (SSSR count). The second-order valence-electron chi connectivity index (χ2n) is 7.59. The van der Waals surface area contributed by atoms with E-state index in [0.717, 1.165) is 35.0 Å². The zero-order valence-electron chi connectivity index (χ0n) is 16.3. The van der Waals surface area contributed by atoms with Gasteiger partial charge in [0.2, 0.25) is 11.8 Å². The van der Waals surface area contributed by atoms with Gasteiger partial charge in [-0.15, -0.1) is 0 Å². The SMILES string of the molecule is O=C(CC1SC(=Nc2ccccc2)N(C2CC2)C1=O)Nc1ccc2ccccc2c1. The highest BCUT2D eigenvalue weighted by atomic mass is 32.2. The molecule has 5 nitrogen and oxygen atoms in total. The Balaban J connectivity index is 1.30. The first kappa shape index (κ1) is 18.9. The van der Waals surface area contributed by atoms with E-state index in [0.29, 0.717) is 5.17 Å². The molecule has 2 fully saturated rings. The third-order valence-corrected chi connectivity index (χ3v) is 6.42. The molecule has 0 aromatic heterocycles. The molecular weight excluding hydrogens is 394 g/mol. The molecule has 1 atom stereocenters. The Morgan fingerprint density at radius 3 is 2.50 bits per heavy atom. The normalized spacial score (nSPS) is 20.1. The number of rotatable bonds is 5. The van der Waals surface area contributed by atoms with Gasteiger partial charge >= 0.3 is 0 Å². The van der Waals surface area contributed by atoms with Crippen LogP contribution < -0.4 is 5.32 Å². The molecule has 1 aliphatic heterocycles. The van der Waals surface area contributed by atoms with Crippen LogP contribution in [0.3, 0.4) is 0 Å². The number of carbonyl (C=O) groups is 2. The maximum atomic E-state index is 13.0. The molecule has 0 radical (unpaired) electrons. The number of nitrogens with zero attached hydrogens (tertiary/aromatic N) is 2. The fourth-order valence-electron chi connectivity index (χ4n) is 3.62. The molecule has 3 aromatic rings. The maximum absolute atomic E-state index is 13.0. The van der Waals surface area contributed by atoms with E-state index < -0.39 is 5.25 Å². The lowest BCUT2D eigenvalue weighted by Crippen LogP contribution is -2.35. The molecule has 1 N–H and O–H groups in total. The van der Waals surface area contributed by atoms with Crippen molar-refractivity contribution in [1.29, 1.82) is 0 Å². The number of hydrogen-bond acceptors (Lipinski definition) is 4. The second kappa shape index (κ2) is 7.95. The van der Waals surface area contributed by atoms with Gasteiger partial charge in [-0.05, 0) is 47.9 Å². The van der Waals surface area contributed by atoms with Crippen molar-refractivity contribution < 1.29 is 9.59 Å². The highest BCUT2D eigenvalue weighted by Crippen LogP contribution is 2.39. The molecule has 1 saturated carbocycles. The Kier molecular flexibility index (Phi) is 5.01. The molecule has 2 aliphatic rings. The molecule has 150 valence electrons. The van der Waals surface area contributed by atoms with Gasteiger partial charge < -0.3 is 5.32 Å². The van der Waals surface area contributed by atoms with Crippen LogP contribution in [0.2, 0.25) is 0 Å². The third-order valence-electron chi connectivity index (χ3n) is 5.26. The van der Waals surface area contributed by atoms with Gasteiger partial charge in [0.25, 0.3) is 0 Å². The molecular formula is C24H21N3O2S. The Labute approximate surface area is 179 Å². The number of aliphatic imine (C=N–C) groups is 1. The molecule has 30 heavy (non-hydrogen) atoms. The van der Waals surface area contributed by atoms with E-state index >= 15 is 0 Å². The zero-order chi connectivity index (χ0) is 20.5. The predicted molar refractivity (Wildman–Crippen MR) is 122 cm³/mol. The van der Waals surface area contributed by atoms with Gasteiger partial charge in [-0.1, -0.05) is 60.3 Å². The van der Waals surface area contributed by atoms with E-state index in [-0.39, 0.29) is 24.3 Å². The van der Waals surface area contributed by atoms with Crippen LogP contribution in [0.4, 0.5) is 11.4 Å². The predicted octanol–water partition coefficient (Wildman–Crippen LogP) is 4.96. The number of thioether (sulfide) groups is 1. The summed E-state index contributed by atoms with van der Waals surface area (Å²) in [6.45, 7) is 0. The Hall–Kier alpha value is -3.12. The van der Waals surface area contributed by atoms with E-state index in [1.54, 1.807) is 4.90 Å². The molecule has 2 amide bonds. The first-order chi connectivity index (χ1) is 14.7. The Bertz CT molecular complexity index is 1140. The number of benzene rings is 3. The number of carbonyl (C=O) groups excluding carboxylic acids is 2. The second-order valence-corrected chi connectivity index (χ2v) is 8.76. The van der Waals surface area contributed by atoms with Crippen molar-refractivity contribution in [3.63, 3.8) is 0 Å². The quantitative estimate of drug-likeness (QED) is 0.640. The van der Waals surface area contributed by atoms with Crippen LogP contribution in [-0.4, -0.2) is 33.2 Å². The van der Waals surface area contributed by atoms with Crippen molar-refractivity contribution in [3.05, 3.63) is 72.8 Å². The minimum atomic E-state index is -0.437. The first-order valence-electron chi connectivity index (χ1n) is 10.1. The number of nitrogens with one attached hydrogen (secondary N) is 1. The summed E-state index contributed by atoms with van der Waals surface area (Å²) in [5, 5.41) is 5.40. The van der Waals surface area contributed by atoms with Crippen molar-refractivity contribution in [3.8, 4) is 0 Å². The smallest absolute Gasteiger partial charge is 0.242 e. The summed E-state index contributed by atoms with van der Waals surface area (Å²) in [5.41, 5.74) is 1.56. The minimum absolute atomic E-state index is 0.00848. The highest BCUT2D eigenvalue weighted by Gasteiger charge is 2.46. The highest BCUT2D eigenvalue weighted by molar-refractivity contribution is 8.15. The van der Waals surface area contributed by atoms with Gasteiger partial charge in [0, 0.05) is 18.2 Å². The molecule has 0 spiro atoms. The van der Waals surface area contributed by atoms with Crippen LogP contribution in [0.15, 0.2) is 77.8 Å². The largest absolute Gasteiger partial charge is 0.326 e. The van der Waals surface area contributed by atoms with E-state index in [9.17, 15) is 9.59 Å². The number of hydrogen-bond donors (Lipinski definition) is 1. The van der Waals surface area contributed by atoms with E-state index in [2.05, 4.69) is 10.3 Å². The average Bonchev–Trinajstić information content (AvgIpc) is 3.54. The third kappa shape index (κ3) is 3.96.